The van der Waals surface area contributed by atoms with Crippen LogP contribution in [-0.4, -0.2) is 28.8 Å². The molecule has 0 amide bonds. The third kappa shape index (κ3) is 3.17. The Morgan fingerprint density at radius 1 is 1.53 bits per heavy atom. The summed E-state index contributed by atoms with van der Waals surface area (Å²) in [5.74, 6) is 0.253. The summed E-state index contributed by atoms with van der Waals surface area (Å²) in [6.45, 7) is 6.23. The van der Waals surface area contributed by atoms with Crippen LogP contribution in [0.5, 0.6) is 5.75 Å². The van der Waals surface area contributed by atoms with Crippen molar-refractivity contribution in [2.75, 3.05) is 13.2 Å². The average molecular weight is 236 g/mol. The fourth-order valence-corrected chi connectivity index (χ4v) is 2.10. The van der Waals surface area contributed by atoms with Crippen LogP contribution in [0.15, 0.2) is 12.1 Å². The molecule has 0 saturated carbocycles. The van der Waals surface area contributed by atoms with Gasteiger partial charge in [0, 0.05) is 24.4 Å². The standard InChI is InChI=1S/C13H20N2O2/c1-10-4-5-12(16)11(15-10)8-14-13(2)6-3-7-17-9-13/h4-5,14,16H,3,6-9H2,1-2H3. The minimum atomic E-state index is -0.00385. The number of hydrogen-bond acceptors (Lipinski definition) is 4. The molecule has 94 valence electrons. The van der Waals surface area contributed by atoms with E-state index in [1.54, 1.807) is 6.07 Å². The van der Waals surface area contributed by atoms with E-state index in [1.165, 1.54) is 0 Å². The Labute approximate surface area is 102 Å². The van der Waals surface area contributed by atoms with Crippen LogP contribution in [0.2, 0.25) is 0 Å². The second-order valence-corrected chi connectivity index (χ2v) is 4.99. The van der Waals surface area contributed by atoms with Gasteiger partial charge in [-0.3, -0.25) is 4.98 Å². The number of pyridine rings is 1. The minimum Gasteiger partial charge on any atom is -0.506 e. The molecule has 17 heavy (non-hydrogen) atoms. The molecule has 2 heterocycles. The highest BCUT2D eigenvalue weighted by Gasteiger charge is 2.27. The van der Waals surface area contributed by atoms with Crippen LogP contribution in [0.3, 0.4) is 0 Å². The molecule has 1 aromatic heterocycles. The van der Waals surface area contributed by atoms with Gasteiger partial charge in [-0.2, -0.15) is 0 Å². The van der Waals surface area contributed by atoms with Gasteiger partial charge in [-0.1, -0.05) is 0 Å². The fraction of sp³-hybridized carbons (Fsp3) is 0.615. The summed E-state index contributed by atoms with van der Waals surface area (Å²) in [4.78, 5) is 4.33. The molecule has 1 atom stereocenters. The van der Waals surface area contributed by atoms with Gasteiger partial charge < -0.3 is 15.2 Å². The van der Waals surface area contributed by atoms with Crippen LogP contribution in [0.25, 0.3) is 0 Å². The van der Waals surface area contributed by atoms with Crippen LogP contribution in [0.4, 0.5) is 0 Å². The summed E-state index contributed by atoms with van der Waals surface area (Å²) in [7, 11) is 0. The first-order valence-corrected chi connectivity index (χ1v) is 6.07. The maximum atomic E-state index is 9.71. The molecule has 4 heteroatoms. The molecule has 1 fully saturated rings. The molecule has 0 aromatic carbocycles. The number of aromatic hydroxyl groups is 1. The summed E-state index contributed by atoms with van der Waals surface area (Å²) in [6, 6.07) is 3.50. The number of aryl methyl sites for hydroxylation is 1. The molecule has 1 aliphatic rings. The van der Waals surface area contributed by atoms with E-state index in [0.29, 0.717) is 12.2 Å². The zero-order valence-corrected chi connectivity index (χ0v) is 10.5. The van der Waals surface area contributed by atoms with E-state index in [2.05, 4.69) is 17.2 Å². The molecule has 2 rings (SSSR count). The number of hydrogen-bond donors (Lipinski definition) is 2. The minimum absolute atomic E-state index is 0.00385. The number of nitrogens with zero attached hydrogens (tertiary/aromatic N) is 1. The Bertz CT molecular complexity index is 387. The Morgan fingerprint density at radius 3 is 3.06 bits per heavy atom. The Balaban J connectivity index is 1.99. The summed E-state index contributed by atoms with van der Waals surface area (Å²) in [5, 5.41) is 13.1. The first-order valence-electron chi connectivity index (χ1n) is 6.07. The lowest BCUT2D eigenvalue weighted by Crippen LogP contribution is -2.48. The van der Waals surface area contributed by atoms with Crippen molar-refractivity contribution in [2.45, 2.75) is 38.8 Å². The molecule has 1 aromatic rings. The lowest BCUT2D eigenvalue weighted by atomic mass is 9.95. The maximum Gasteiger partial charge on any atom is 0.138 e. The van der Waals surface area contributed by atoms with Crippen molar-refractivity contribution in [3.8, 4) is 5.75 Å². The molecule has 0 spiro atoms. The second-order valence-electron chi connectivity index (χ2n) is 4.99. The highest BCUT2D eigenvalue weighted by Crippen LogP contribution is 2.20. The zero-order chi connectivity index (χ0) is 12.3. The molecule has 0 aliphatic carbocycles. The van der Waals surface area contributed by atoms with E-state index in [0.717, 1.165) is 31.7 Å². The quantitative estimate of drug-likeness (QED) is 0.839. The van der Waals surface area contributed by atoms with Crippen LogP contribution in [0, 0.1) is 6.92 Å². The van der Waals surface area contributed by atoms with Gasteiger partial charge in [-0.25, -0.2) is 0 Å². The monoisotopic (exact) mass is 236 g/mol. The normalized spacial score (nSPS) is 24.8. The summed E-state index contributed by atoms with van der Waals surface area (Å²) in [5.41, 5.74) is 1.62. The van der Waals surface area contributed by atoms with Gasteiger partial charge in [-0.15, -0.1) is 0 Å². The van der Waals surface area contributed by atoms with Crippen molar-refractivity contribution in [3.63, 3.8) is 0 Å². The molecule has 1 aliphatic heterocycles. The number of nitrogens with one attached hydrogen (secondary N) is 1. The van der Waals surface area contributed by atoms with E-state index >= 15 is 0 Å². The Morgan fingerprint density at radius 2 is 2.35 bits per heavy atom. The van der Waals surface area contributed by atoms with E-state index in [-0.39, 0.29) is 11.3 Å². The largest absolute Gasteiger partial charge is 0.506 e. The van der Waals surface area contributed by atoms with Crippen molar-refractivity contribution in [1.82, 2.24) is 10.3 Å². The molecule has 0 radical (unpaired) electrons. The zero-order valence-electron chi connectivity index (χ0n) is 10.5. The first-order chi connectivity index (χ1) is 8.09. The first kappa shape index (κ1) is 12.3. The van der Waals surface area contributed by atoms with E-state index in [9.17, 15) is 5.11 Å². The SMILES string of the molecule is Cc1ccc(O)c(CNC2(C)CCCOC2)n1. The van der Waals surface area contributed by atoms with Gasteiger partial charge in [0.2, 0.25) is 0 Å². The molecular formula is C13H20N2O2. The van der Waals surface area contributed by atoms with Crippen molar-refractivity contribution in [3.05, 3.63) is 23.5 Å². The fourth-order valence-electron chi connectivity index (χ4n) is 2.10. The van der Waals surface area contributed by atoms with Crippen molar-refractivity contribution < 1.29 is 9.84 Å². The van der Waals surface area contributed by atoms with E-state index in [1.807, 2.05) is 13.0 Å². The Kier molecular flexibility index (Phi) is 3.64. The molecular weight excluding hydrogens is 216 g/mol. The topological polar surface area (TPSA) is 54.4 Å². The summed E-state index contributed by atoms with van der Waals surface area (Å²) in [6.07, 6.45) is 2.18. The van der Waals surface area contributed by atoms with Crippen molar-refractivity contribution in [2.24, 2.45) is 0 Å². The predicted molar refractivity (Wildman–Crippen MR) is 65.9 cm³/mol. The van der Waals surface area contributed by atoms with Crippen LogP contribution in [-0.2, 0) is 11.3 Å². The molecule has 4 nitrogen and oxygen atoms in total. The van der Waals surface area contributed by atoms with Gasteiger partial charge in [0.25, 0.3) is 0 Å². The van der Waals surface area contributed by atoms with Crippen LogP contribution < -0.4 is 5.32 Å². The van der Waals surface area contributed by atoms with Gasteiger partial charge in [0.05, 0.1) is 12.3 Å². The van der Waals surface area contributed by atoms with E-state index < -0.39 is 0 Å². The average Bonchev–Trinajstić information content (AvgIpc) is 2.31. The van der Waals surface area contributed by atoms with Crippen molar-refractivity contribution in [1.29, 1.82) is 0 Å². The lowest BCUT2D eigenvalue weighted by Gasteiger charge is -2.34. The number of aromatic nitrogens is 1. The molecule has 0 bridgehead atoms. The van der Waals surface area contributed by atoms with E-state index in [4.69, 9.17) is 4.74 Å². The number of rotatable bonds is 3. The van der Waals surface area contributed by atoms with Crippen LogP contribution in [0.1, 0.15) is 31.2 Å². The van der Waals surface area contributed by atoms with Crippen molar-refractivity contribution >= 4 is 0 Å². The molecule has 1 unspecified atom stereocenters. The maximum absolute atomic E-state index is 9.71. The Hall–Kier alpha value is -1.13. The van der Waals surface area contributed by atoms with Gasteiger partial charge in [0.1, 0.15) is 5.75 Å². The summed E-state index contributed by atoms with van der Waals surface area (Å²) < 4.78 is 5.48. The highest BCUT2D eigenvalue weighted by atomic mass is 16.5. The lowest BCUT2D eigenvalue weighted by molar-refractivity contribution is 0.0275. The molecule has 1 saturated heterocycles. The molecule has 2 N–H and O–H groups in total. The third-order valence-electron chi connectivity index (χ3n) is 3.21. The smallest absolute Gasteiger partial charge is 0.138 e. The third-order valence-corrected chi connectivity index (χ3v) is 3.21. The van der Waals surface area contributed by atoms with Gasteiger partial charge in [-0.05, 0) is 38.8 Å². The van der Waals surface area contributed by atoms with Gasteiger partial charge >= 0.3 is 0 Å². The second kappa shape index (κ2) is 5.02. The van der Waals surface area contributed by atoms with Crippen LogP contribution >= 0.6 is 0 Å². The van der Waals surface area contributed by atoms with Gasteiger partial charge in [0.15, 0.2) is 0 Å². The highest BCUT2D eigenvalue weighted by molar-refractivity contribution is 5.27. The summed E-state index contributed by atoms with van der Waals surface area (Å²) >= 11 is 0. The predicted octanol–water partition coefficient (Wildman–Crippen LogP) is 1.75. The number of ether oxygens (including phenoxy) is 1.